The highest BCUT2D eigenvalue weighted by Gasteiger charge is 2.40. The molecule has 1 saturated carbocycles. The fourth-order valence-corrected chi connectivity index (χ4v) is 3.28. The molecule has 120 valence electrons. The number of hydrogen-bond donors (Lipinski definition) is 1. The second-order valence-corrected chi connectivity index (χ2v) is 5.89. The van der Waals surface area contributed by atoms with Crippen LogP contribution in [-0.2, 0) is 9.53 Å². The van der Waals surface area contributed by atoms with Gasteiger partial charge in [0, 0.05) is 11.5 Å². The number of methoxy groups -OCH3 is 1. The van der Waals surface area contributed by atoms with Gasteiger partial charge in [-0.05, 0) is 43.7 Å². The third-order valence-corrected chi connectivity index (χ3v) is 4.43. The van der Waals surface area contributed by atoms with Crippen LogP contribution in [0.3, 0.4) is 0 Å². The molecule has 1 rings (SSSR count). The van der Waals surface area contributed by atoms with Crippen molar-refractivity contribution in [2.45, 2.75) is 63.8 Å². The molecule has 21 heavy (non-hydrogen) atoms. The van der Waals surface area contributed by atoms with E-state index >= 15 is 0 Å². The zero-order chi connectivity index (χ0) is 15.6. The molecule has 2 unspecified atom stereocenters. The summed E-state index contributed by atoms with van der Waals surface area (Å²) in [7, 11) is 1.46. The molecule has 1 N–H and O–H groups in total. The third kappa shape index (κ3) is 5.56. The molecule has 1 aliphatic carbocycles. The predicted octanol–water partition coefficient (Wildman–Crippen LogP) is 3.57. The van der Waals surface area contributed by atoms with E-state index in [0.717, 1.165) is 38.0 Å². The number of hydrogen-bond acceptors (Lipinski definition) is 4. The smallest absolute Gasteiger partial charge is 0.326 e. The van der Waals surface area contributed by atoms with Crippen molar-refractivity contribution in [1.82, 2.24) is 5.32 Å². The van der Waals surface area contributed by atoms with Crippen LogP contribution >= 0.6 is 0 Å². The molecule has 1 fully saturated rings. The minimum Gasteiger partial charge on any atom is -0.468 e. The highest BCUT2D eigenvalue weighted by Crippen LogP contribution is 2.33. The molecule has 0 heterocycles. The van der Waals surface area contributed by atoms with E-state index in [1.807, 2.05) is 0 Å². The Balaban J connectivity index is 2.61. The van der Waals surface area contributed by atoms with Gasteiger partial charge in [-0.1, -0.05) is 37.7 Å². The molecule has 2 atom stereocenters. The van der Waals surface area contributed by atoms with Gasteiger partial charge in [-0.2, -0.15) is 0 Å². The van der Waals surface area contributed by atoms with Gasteiger partial charge in [0.2, 0.25) is 0 Å². The van der Waals surface area contributed by atoms with E-state index in [1.54, 1.807) is 0 Å². The van der Waals surface area contributed by atoms with Gasteiger partial charge >= 0.3 is 5.97 Å². The summed E-state index contributed by atoms with van der Waals surface area (Å²) < 4.78 is 5.04. The van der Waals surface area contributed by atoms with Gasteiger partial charge in [0.05, 0.1) is 7.11 Å². The molecule has 0 aliphatic heterocycles. The first-order valence-corrected chi connectivity index (χ1v) is 8.03. The molecule has 0 spiro atoms. The normalized spacial score (nSPS) is 25.7. The highest BCUT2D eigenvalue weighted by molar-refractivity contribution is 5.80. The Morgan fingerprint density at radius 2 is 2.29 bits per heavy atom. The van der Waals surface area contributed by atoms with E-state index in [-0.39, 0.29) is 5.97 Å². The Hall–Kier alpha value is -1.26. The lowest BCUT2D eigenvalue weighted by molar-refractivity contribution is -0.149. The van der Waals surface area contributed by atoms with Crippen LogP contribution in [0.25, 0.3) is 10.4 Å². The Morgan fingerprint density at radius 1 is 1.48 bits per heavy atom. The number of carbonyl (C=O) groups is 1. The summed E-state index contributed by atoms with van der Waals surface area (Å²) in [5.41, 5.74) is 7.72. The van der Waals surface area contributed by atoms with E-state index in [4.69, 9.17) is 10.3 Å². The quantitative estimate of drug-likeness (QED) is 0.185. The van der Waals surface area contributed by atoms with E-state index in [1.165, 1.54) is 26.4 Å². The first-order chi connectivity index (χ1) is 10.2. The van der Waals surface area contributed by atoms with Crippen LogP contribution in [-0.4, -0.2) is 31.7 Å². The van der Waals surface area contributed by atoms with Crippen molar-refractivity contribution in [2.75, 3.05) is 20.2 Å². The molecule has 0 radical (unpaired) electrons. The lowest BCUT2D eigenvalue weighted by atomic mass is 9.88. The van der Waals surface area contributed by atoms with E-state index in [9.17, 15) is 4.79 Å². The fourth-order valence-electron chi connectivity index (χ4n) is 3.28. The van der Waals surface area contributed by atoms with E-state index in [2.05, 4.69) is 22.3 Å². The molecule has 0 bridgehead atoms. The number of nitrogens with one attached hydrogen (secondary N) is 1. The highest BCUT2D eigenvalue weighted by atomic mass is 16.5. The maximum absolute atomic E-state index is 12.3. The lowest BCUT2D eigenvalue weighted by Crippen LogP contribution is -2.52. The maximum atomic E-state index is 12.3. The number of carbonyl (C=O) groups excluding carboxylic acids is 1. The predicted molar refractivity (Wildman–Crippen MR) is 82.9 cm³/mol. The molecule has 6 nitrogen and oxygen atoms in total. The minimum absolute atomic E-state index is 0.150. The number of rotatable bonds is 8. The van der Waals surface area contributed by atoms with Crippen LogP contribution in [0.15, 0.2) is 5.11 Å². The Kier molecular flexibility index (Phi) is 8.16. The van der Waals surface area contributed by atoms with Crippen molar-refractivity contribution < 1.29 is 9.53 Å². The molecule has 1 aliphatic rings. The SMILES string of the molecule is CCCC1CCCC(NCCCN=[N+]=[N-])(C(=O)OC)CC1. The first-order valence-electron chi connectivity index (χ1n) is 8.03. The number of esters is 1. The number of nitrogens with zero attached hydrogens (tertiary/aromatic N) is 3. The molecular weight excluding hydrogens is 268 g/mol. The Labute approximate surface area is 127 Å². The molecule has 0 amide bonds. The summed E-state index contributed by atoms with van der Waals surface area (Å²) in [4.78, 5) is 15.0. The van der Waals surface area contributed by atoms with Gasteiger partial charge < -0.3 is 10.1 Å². The third-order valence-electron chi connectivity index (χ3n) is 4.43. The van der Waals surface area contributed by atoms with Crippen molar-refractivity contribution >= 4 is 5.97 Å². The summed E-state index contributed by atoms with van der Waals surface area (Å²) in [5.74, 6) is 0.579. The van der Waals surface area contributed by atoms with Crippen LogP contribution in [0.1, 0.15) is 58.3 Å². The van der Waals surface area contributed by atoms with Gasteiger partial charge in [-0.3, -0.25) is 4.79 Å². The molecule has 0 saturated heterocycles. The fraction of sp³-hybridized carbons (Fsp3) is 0.933. The van der Waals surface area contributed by atoms with Gasteiger partial charge in [-0.25, -0.2) is 0 Å². The summed E-state index contributed by atoms with van der Waals surface area (Å²) in [6.45, 7) is 3.35. The summed E-state index contributed by atoms with van der Waals surface area (Å²) in [6, 6.07) is 0. The first kappa shape index (κ1) is 17.8. The average molecular weight is 296 g/mol. The average Bonchev–Trinajstić information content (AvgIpc) is 2.70. The second-order valence-electron chi connectivity index (χ2n) is 5.89. The Bertz CT molecular complexity index is 369. The van der Waals surface area contributed by atoms with Crippen molar-refractivity contribution in [3.8, 4) is 0 Å². The van der Waals surface area contributed by atoms with Crippen molar-refractivity contribution in [1.29, 1.82) is 0 Å². The number of azide groups is 1. The summed E-state index contributed by atoms with van der Waals surface area (Å²) >= 11 is 0. The van der Waals surface area contributed by atoms with Crippen LogP contribution < -0.4 is 5.32 Å². The monoisotopic (exact) mass is 296 g/mol. The number of ether oxygens (including phenoxy) is 1. The molecular formula is C15H28N4O2. The molecule has 6 heteroatoms. The molecule has 0 aromatic carbocycles. The van der Waals surface area contributed by atoms with E-state index < -0.39 is 5.54 Å². The van der Waals surface area contributed by atoms with Crippen LogP contribution in [0.2, 0.25) is 0 Å². The summed E-state index contributed by atoms with van der Waals surface area (Å²) in [5, 5.41) is 6.91. The van der Waals surface area contributed by atoms with Crippen LogP contribution in [0.4, 0.5) is 0 Å². The van der Waals surface area contributed by atoms with Crippen molar-refractivity contribution in [2.24, 2.45) is 11.0 Å². The molecule has 0 aromatic rings. The van der Waals surface area contributed by atoms with Crippen molar-refractivity contribution in [3.05, 3.63) is 10.4 Å². The van der Waals surface area contributed by atoms with Gasteiger partial charge in [-0.15, -0.1) is 0 Å². The molecule has 0 aromatic heterocycles. The zero-order valence-electron chi connectivity index (χ0n) is 13.3. The minimum atomic E-state index is -0.548. The van der Waals surface area contributed by atoms with Gasteiger partial charge in [0.1, 0.15) is 5.54 Å². The van der Waals surface area contributed by atoms with Crippen LogP contribution in [0.5, 0.6) is 0 Å². The second kappa shape index (κ2) is 9.64. The van der Waals surface area contributed by atoms with Gasteiger partial charge in [0.15, 0.2) is 0 Å². The maximum Gasteiger partial charge on any atom is 0.326 e. The van der Waals surface area contributed by atoms with E-state index in [0.29, 0.717) is 13.1 Å². The Morgan fingerprint density at radius 3 is 2.95 bits per heavy atom. The standard InChI is InChI=1S/C15H28N4O2/c1-3-6-13-7-4-9-15(10-8-13,14(20)21-2)17-11-5-12-18-19-16/h13,17H,3-12H2,1-2H3. The van der Waals surface area contributed by atoms with Crippen LogP contribution in [0, 0.1) is 5.92 Å². The van der Waals surface area contributed by atoms with Crippen molar-refractivity contribution in [3.63, 3.8) is 0 Å². The summed E-state index contributed by atoms with van der Waals surface area (Å²) in [6.07, 6.45) is 8.19. The zero-order valence-corrected chi connectivity index (χ0v) is 13.3. The van der Waals surface area contributed by atoms with Gasteiger partial charge in [0.25, 0.3) is 0 Å². The largest absolute Gasteiger partial charge is 0.468 e. The topological polar surface area (TPSA) is 87.1 Å². The lowest BCUT2D eigenvalue weighted by Gasteiger charge is -2.31.